The van der Waals surface area contributed by atoms with Crippen LogP contribution in [0.3, 0.4) is 0 Å². The molecule has 7 heteroatoms. The minimum absolute atomic E-state index is 0.0909. The maximum atomic E-state index is 5.87. The van der Waals surface area contributed by atoms with Crippen molar-refractivity contribution in [3.63, 3.8) is 0 Å². The van der Waals surface area contributed by atoms with Gasteiger partial charge in [-0.2, -0.15) is 0 Å². The molecule has 1 aliphatic rings. The zero-order chi connectivity index (χ0) is 22.2. The number of thiocarbonyl (C=S) groups is 1. The minimum atomic E-state index is -0.0997. The van der Waals surface area contributed by atoms with Crippen LogP contribution < -0.4 is 10.2 Å². The topological polar surface area (TPSA) is 46.0 Å². The predicted molar refractivity (Wildman–Crippen MR) is 135 cm³/mol. The van der Waals surface area contributed by atoms with E-state index >= 15 is 0 Å². The molecule has 1 N–H and O–H groups in total. The third kappa shape index (κ3) is 3.61. The van der Waals surface area contributed by atoms with Gasteiger partial charge in [-0.3, -0.25) is 9.97 Å². The standard InChI is InChI=1S/C25H22BrN5S/c1-16-14-18(9-10-20(16)26)31-24(23(29-25(31)32)21-7-3-4-13-28-21)22-11-8-17(2)30(22)19-6-5-12-27-15-19/h3-15,23-24H,1-2H3,(H,29,32)/t23-,24+/m0/s1. The second-order valence-corrected chi connectivity index (χ2v) is 9.12. The molecule has 0 saturated carbocycles. The highest BCUT2D eigenvalue weighted by atomic mass is 79.9. The van der Waals surface area contributed by atoms with Crippen LogP contribution in [-0.4, -0.2) is 19.6 Å². The van der Waals surface area contributed by atoms with Crippen LogP contribution >= 0.6 is 28.1 Å². The fraction of sp³-hybridized carbons (Fsp3) is 0.160. The van der Waals surface area contributed by atoms with E-state index < -0.39 is 0 Å². The Morgan fingerprint density at radius 3 is 2.56 bits per heavy atom. The number of anilines is 1. The van der Waals surface area contributed by atoms with Gasteiger partial charge in [0.2, 0.25) is 0 Å². The molecule has 1 aromatic carbocycles. The number of hydrogen-bond acceptors (Lipinski definition) is 3. The Labute approximate surface area is 201 Å². The molecule has 5 rings (SSSR count). The molecule has 0 aliphatic carbocycles. The monoisotopic (exact) mass is 503 g/mol. The lowest BCUT2D eigenvalue weighted by atomic mass is 10.0. The number of halogens is 1. The average molecular weight is 504 g/mol. The fourth-order valence-corrected chi connectivity index (χ4v) is 4.93. The van der Waals surface area contributed by atoms with Crippen LogP contribution in [0, 0.1) is 13.8 Å². The van der Waals surface area contributed by atoms with E-state index in [-0.39, 0.29) is 12.1 Å². The molecule has 32 heavy (non-hydrogen) atoms. The van der Waals surface area contributed by atoms with Crippen molar-refractivity contribution in [3.05, 3.63) is 106 Å². The van der Waals surface area contributed by atoms with E-state index in [4.69, 9.17) is 12.2 Å². The summed E-state index contributed by atoms with van der Waals surface area (Å²) in [7, 11) is 0. The number of hydrogen-bond donors (Lipinski definition) is 1. The van der Waals surface area contributed by atoms with E-state index in [0.717, 1.165) is 38.5 Å². The highest BCUT2D eigenvalue weighted by Gasteiger charge is 2.42. The highest BCUT2D eigenvalue weighted by molar-refractivity contribution is 9.10. The molecule has 0 amide bonds. The first-order chi connectivity index (χ1) is 15.5. The molecule has 0 spiro atoms. The molecule has 1 aliphatic heterocycles. The van der Waals surface area contributed by atoms with Crippen LogP contribution in [0.5, 0.6) is 0 Å². The van der Waals surface area contributed by atoms with Crippen molar-refractivity contribution in [2.75, 3.05) is 4.90 Å². The van der Waals surface area contributed by atoms with Crippen molar-refractivity contribution in [1.29, 1.82) is 0 Å². The Bertz CT molecular complexity index is 1270. The van der Waals surface area contributed by atoms with Gasteiger partial charge in [0, 0.05) is 33.9 Å². The molecule has 5 nitrogen and oxygen atoms in total. The molecule has 0 unspecified atom stereocenters. The predicted octanol–water partition coefficient (Wildman–Crippen LogP) is 5.82. The summed E-state index contributed by atoms with van der Waals surface area (Å²) in [5.41, 5.74) is 6.44. The lowest BCUT2D eigenvalue weighted by Crippen LogP contribution is -2.30. The van der Waals surface area contributed by atoms with E-state index in [0.29, 0.717) is 5.11 Å². The van der Waals surface area contributed by atoms with Crippen LogP contribution in [0.1, 0.15) is 34.7 Å². The van der Waals surface area contributed by atoms with Gasteiger partial charge in [-0.05, 0) is 86.2 Å². The SMILES string of the molecule is Cc1cc(N2C(=S)N[C@@H](c3ccccn3)[C@H]2c2ccc(C)n2-c2cccnc2)ccc1Br. The number of rotatable bonds is 4. The molecule has 1 fully saturated rings. The van der Waals surface area contributed by atoms with Gasteiger partial charge in [0.25, 0.3) is 0 Å². The summed E-state index contributed by atoms with van der Waals surface area (Å²) in [6.07, 6.45) is 5.51. The van der Waals surface area contributed by atoms with Crippen molar-refractivity contribution in [2.24, 2.45) is 0 Å². The van der Waals surface area contributed by atoms with Crippen molar-refractivity contribution >= 4 is 38.9 Å². The molecule has 4 aromatic rings. The van der Waals surface area contributed by atoms with E-state index in [2.05, 4.69) is 90.9 Å². The molecule has 0 radical (unpaired) electrons. The van der Waals surface area contributed by atoms with Gasteiger partial charge in [0.05, 0.1) is 23.6 Å². The van der Waals surface area contributed by atoms with Crippen LogP contribution in [0.4, 0.5) is 5.69 Å². The summed E-state index contributed by atoms with van der Waals surface area (Å²) >= 11 is 9.49. The van der Waals surface area contributed by atoms with Crippen LogP contribution in [0.15, 0.2) is 83.7 Å². The first-order valence-corrected chi connectivity index (χ1v) is 11.6. The van der Waals surface area contributed by atoms with Gasteiger partial charge in [0.15, 0.2) is 5.11 Å². The second kappa shape index (κ2) is 8.48. The van der Waals surface area contributed by atoms with Crippen molar-refractivity contribution < 1.29 is 0 Å². The first-order valence-electron chi connectivity index (χ1n) is 10.4. The molecular formula is C25H22BrN5S. The second-order valence-electron chi connectivity index (χ2n) is 7.88. The van der Waals surface area contributed by atoms with E-state index in [1.165, 1.54) is 0 Å². The molecule has 160 valence electrons. The third-order valence-corrected chi connectivity index (χ3v) is 7.04. The van der Waals surface area contributed by atoms with E-state index in [1.54, 1.807) is 6.20 Å². The smallest absolute Gasteiger partial charge is 0.174 e. The summed E-state index contributed by atoms with van der Waals surface area (Å²) in [6.45, 7) is 4.20. The van der Waals surface area contributed by atoms with Crippen LogP contribution in [0.25, 0.3) is 5.69 Å². The first kappa shape index (κ1) is 20.8. The normalized spacial score (nSPS) is 18.1. The number of pyridine rings is 2. The summed E-state index contributed by atoms with van der Waals surface area (Å²) in [6, 6.07) is 20.5. The zero-order valence-corrected chi connectivity index (χ0v) is 20.1. The summed E-state index contributed by atoms with van der Waals surface area (Å²) in [5.74, 6) is 0. The van der Waals surface area contributed by atoms with Crippen molar-refractivity contribution in [3.8, 4) is 5.69 Å². The van der Waals surface area contributed by atoms with Gasteiger partial charge >= 0.3 is 0 Å². The van der Waals surface area contributed by atoms with Crippen LogP contribution in [0.2, 0.25) is 0 Å². The number of aromatic nitrogens is 3. The van der Waals surface area contributed by atoms with Crippen molar-refractivity contribution in [2.45, 2.75) is 25.9 Å². The average Bonchev–Trinajstić information content (AvgIpc) is 3.36. The largest absolute Gasteiger partial charge is 0.351 e. The summed E-state index contributed by atoms with van der Waals surface area (Å²) in [4.78, 5) is 11.2. The van der Waals surface area contributed by atoms with Crippen LogP contribution in [-0.2, 0) is 0 Å². The summed E-state index contributed by atoms with van der Waals surface area (Å²) < 4.78 is 3.33. The Morgan fingerprint density at radius 2 is 1.84 bits per heavy atom. The van der Waals surface area contributed by atoms with E-state index in [9.17, 15) is 0 Å². The maximum Gasteiger partial charge on any atom is 0.174 e. The van der Waals surface area contributed by atoms with Crippen molar-refractivity contribution in [1.82, 2.24) is 19.9 Å². The molecule has 1 saturated heterocycles. The molecule has 3 aromatic heterocycles. The molecule has 0 bridgehead atoms. The molecule has 4 heterocycles. The highest BCUT2D eigenvalue weighted by Crippen LogP contribution is 2.43. The Balaban J connectivity index is 1.71. The Morgan fingerprint density at radius 1 is 0.969 bits per heavy atom. The van der Waals surface area contributed by atoms with E-state index in [1.807, 2.05) is 36.7 Å². The number of nitrogens with one attached hydrogen (secondary N) is 1. The minimum Gasteiger partial charge on any atom is -0.351 e. The molecule has 2 atom stereocenters. The zero-order valence-electron chi connectivity index (χ0n) is 17.7. The Kier molecular flexibility index (Phi) is 5.53. The lowest BCUT2D eigenvalue weighted by Gasteiger charge is -2.29. The number of aryl methyl sites for hydroxylation is 2. The number of nitrogens with zero attached hydrogens (tertiary/aromatic N) is 4. The fourth-order valence-electron chi connectivity index (χ4n) is 4.34. The lowest BCUT2D eigenvalue weighted by molar-refractivity contribution is 0.548. The molecular weight excluding hydrogens is 482 g/mol. The third-order valence-electron chi connectivity index (χ3n) is 5.83. The Hall–Kier alpha value is -3.03. The van der Waals surface area contributed by atoms with Gasteiger partial charge in [-0.1, -0.05) is 22.0 Å². The van der Waals surface area contributed by atoms with Gasteiger partial charge in [0.1, 0.15) is 6.04 Å². The number of benzene rings is 1. The quantitative estimate of drug-likeness (QED) is 0.355. The maximum absolute atomic E-state index is 5.87. The van der Waals surface area contributed by atoms with Gasteiger partial charge in [-0.25, -0.2) is 0 Å². The van der Waals surface area contributed by atoms with Gasteiger partial charge < -0.3 is 14.8 Å². The van der Waals surface area contributed by atoms with Gasteiger partial charge in [-0.15, -0.1) is 0 Å². The summed E-state index contributed by atoms with van der Waals surface area (Å²) in [5, 5.41) is 4.23.